The van der Waals surface area contributed by atoms with Gasteiger partial charge in [0.2, 0.25) is 0 Å². The van der Waals surface area contributed by atoms with Crippen LogP contribution in [0.15, 0.2) is 301 Å². The molecule has 0 spiro atoms. The molecule has 0 saturated carbocycles. The van der Waals surface area contributed by atoms with Gasteiger partial charge < -0.3 is 23.5 Å². The monoisotopic (exact) mass is 1030 g/mol. The van der Waals surface area contributed by atoms with E-state index in [2.05, 4.69) is 253 Å². The van der Waals surface area contributed by atoms with Gasteiger partial charge >= 0.3 is 0 Å². The van der Waals surface area contributed by atoms with E-state index in [1.165, 1.54) is 24.1 Å². The molecule has 5 nitrogen and oxygen atoms in total. The first kappa shape index (κ1) is 52.6. The summed E-state index contributed by atoms with van der Waals surface area (Å²) in [5, 5.41) is 4.55. The molecule has 0 aliphatic carbocycles. The summed E-state index contributed by atoms with van der Waals surface area (Å²) in [5.74, 6) is 0. The Morgan fingerprint density at radius 1 is 0.430 bits per heavy atom. The molecule has 0 fully saturated rings. The summed E-state index contributed by atoms with van der Waals surface area (Å²) in [7, 11) is 2.09. The third-order valence-corrected chi connectivity index (χ3v) is 13.8. The van der Waals surface area contributed by atoms with E-state index in [1.807, 2.05) is 81.5 Å². The molecule has 388 valence electrons. The molecule has 2 aromatic heterocycles. The van der Waals surface area contributed by atoms with Gasteiger partial charge in [0.25, 0.3) is 0 Å². The highest BCUT2D eigenvalue weighted by atomic mass is 16.3. The van der Waals surface area contributed by atoms with Gasteiger partial charge in [-0.05, 0) is 162 Å². The topological polar surface area (TPSA) is 36.0 Å². The number of rotatable bonds is 11. The quantitative estimate of drug-likeness (QED) is 0.121. The molecule has 0 saturated heterocycles. The molecule has 0 bridgehead atoms. The third kappa shape index (κ3) is 12.1. The molecule has 0 N–H and O–H groups in total. The Morgan fingerprint density at radius 2 is 0.797 bits per heavy atom. The summed E-state index contributed by atoms with van der Waals surface area (Å²) < 4.78 is 12.4. The van der Waals surface area contributed by atoms with Crippen LogP contribution in [-0.4, -0.2) is 18.5 Å². The van der Waals surface area contributed by atoms with Crippen LogP contribution in [0.5, 0.6) is 0 Å². The fraction of sp³-hybridized carbons (Fsp3) is 0.0811. The number of anilines is 6. The van der Waals surface area contributed by atoms with Gasteiger partial charge in [-0.2, -0.15) is 0 Å². The maximum Gasteiger partial charge on any atom is 0.136 e. The minimum absolute atomic E-state index is 0.898. The lowest BCUT2D eigenvalue weighted by atomic mass is 10.0. The fourth-order valence-electron chi connectivity index (χ4n) is 10.0. The highest BCUT2D eigenvalue weighted by molar-refractivity contribution is 6.07. The van der Waals surface area contributed by atoms with E-state index >= 15 is 0 Å². The molecule has 0 atom stereocenters. The normalized spacial score (nSPS) is 11.9. The van der Waals surface area contributed by atoms with Crippen LogP contribution in [0.1, 0.15) is 32.8 Å². The highest BCUT2D eigenvalue weighted by Gasteiger charge is 2.17. The molecule has 10 aromatic carbocycles. The van der Waals surface area contributed by atoms with E-state index < -0.39 is 0 Å². The molecule has 0 amide bonds. The van der Waals surface area contributed by atoms with Crippen molar-refractivity contribution in [1.82, 2.24) is 4.90 Å². The van der Waals surface area contributed by atoms with Gasteiger partial charge in [-0.1, -0.05) is 190 Å². The molecule has 1 aliphatic rings. The lowest BCUT2D eigenvalue weighted by Gasteiger charge is -2.28. The molecule has 0 radical (unpaired) electrons. The fourth-order valence-corrected chi connectivity index (χ4v) is 10.0. The molecular formula is C74H65N3O2. The van der Waals surface area contributed by atoms with Crippen LogP contribution >= 0.6 is 0 Å². The SMILES string of the molecule is C=C/C=C(\C=C/C)c1ccccc1.CC.CN1C=CCC1.c1ccc(N(c2ccc(-c3ccc4c(c3)oc3ccccc34)cc2)c2ccc(N(c3ccccc3)c3ccc(-c4ccc5c(c4)oc4ccccc45)cc3)cc2)cc1. The van der Waals surface area contributed by atoms with E-state index in [9.17, 15) is 0 Å². The number of fused-ring (bicyclic) bond motifs is 6. The molecule has 13 rings (SSSR count). The summed E-state index contributed by atoms with van der Waals surface area (Å²) in [4.78, 5) is 6.78. The highest BCUT2D eigenvalue weighted by Crippen LogP contribution is 2.41. The van der Waals surface area contributed by atoms with E-state index in [1.54, 1.807) is 0 Å². The maximum absolute atomic E-state index is 6.21. The minimum Gasteiger partial charge on any atom is -0.456 e. The molecule has 0 unspecified atom stereocenters. The summed E-state index contributed by atoms with van der Waals surface area (Å²) in [6, 6.07) is 87.1. The average Bonchev–Trinajstić information content (AvgIpc) is 4.38. The van der Waals surface area contributed by atoms with Crippen molar-refractivity contribution in [2.24, 2.45) is 0 Å². The number of hydrogen-bond acceptors (Lipinski definition) is 5. The predicted octanol–water partition coefficient (Wildman–Crippen LogP) is 21.5. The Morgan fingerprint density at radius 3 is 1.18 bits per heavy atom. The number of furan rings is 2. The van der Waals surface area contributed by atoms with Crippen LogP contribution in [0.25, 0.3) is 71.7 Å². The van der Waals surface area contributed by atoms with Gasteiger partial charge in [0, 0.05) is 69.3 Å². The molecule has 5 heteroatoms. The Hall–Kier alpha value is -9.84. The van der Waals surface area contributed by atoms with Crippen molar-refractivity contribution in [2.75, 3.05) is 23.4 Å². The standard InChI is InChI=1S/C54H36N2O2.C13H14.C5H9N.C2H6/c1-3-11-41(12-4-1)55(43-25-19-37(20-26-43)39-23-33-49-47-15-7-9-17-51(47)57-53(49)35-39)45-29-31-46(32-30-45)56(42-13-5-2-6-14-42)44-27-21-38(22-28-44)40-24-34-50-48-16-8-10-18-52(48)58-54(50)36-40;1-3-8-12(9-4-2)13-10-6-5-7-11-13;1-6-4-2-3-5-6;1-2/h1-36H;3-11H,1H2,2H3;2,4H,3,5H2,1H3;1-2H3/b;9-4-,12-8+;;. The predicted molar refractivity (Wildman–Crippen MR) is 338 cm³/mol. The summed E-state index contributed by atoms with van der Waals surface area (Å²) in [6.07, 6.45) is 13.5. The van der Waals surface area contributed by atoms with Gasteiger partial charge in [0.1, 0.15) is 22.3 Å². The van der Waals surface area contributed by atoms with Crippen LogP contribution in [0.2, 0.25) is 0 Å². The Balaban J connectivity index is 0.000000282. The largest absolute Gasteiger partial charge is 0.456 e. The Bertz CT molecular complexity index is 3780. The first-order valence-electron chi connectivity index (χ1n) is 27.2. The van der Waals surface area contributed by atoms with Gasteiger partial charge in [-0.15, -0.1) is 0 Å². The van der Waals surface area contributed by atoms with Gasteiger partial charge in [-0.3, -0.25) is 0 Å². The number of nitrogens with zero attached hydrogens (tertiary/aromatic N) is 3. The molecule has 3 heterocycles. The Kier molecular flexibility index (Phi) is 16.9. The third-order valence-electron chi connectivity index (χ3n) is 13.8. The number of hydrogen-bond donors (Lipinski definition) is 0. The van der Waals surface area contributed by atoms with Crippen LogP contribution in [-0.2, 0) is 0 Å². The van der Waals surface area contributed by atoms with Crippen molar-refractivity contribution in [1.29, 1.82) is 0 Å². The molecule has 1 aliphatic heterocycles. The zero-order valence-corrected chi connectivity index (χ0v) is 45.4. The maximum atomic E-state index is 6.21. The van der Waals surface area contributed by atoms with Crippen molar-refractivity contribution in [3.8, 4) is 22.3 Å². The van der Waals surface area contributed by atoms with Crippen LogP contribution < -0.4 is 9.80 Å². The number of benzene rings is 10. The lowest BCUT2D eigenvalue weighted by molar-refractivity contribution is 0.496. The molecule has 12 aromatic rings. The number of allylic oxidation sites excluding steroid dienone is 5. The first-order chi connectivity index (χ1) is 39.0. The van der Waals surface area contributed by atoms with E-state index in [-0.39, 0.29) is 0 Å². The van der Waals surface area contributed by atoms with Crippen molar-refractivity contribution >= 4 is 83.6 Å². The van der Waals surface area contributed by atoms with Crippen LogP contribution in [0.4, 0.5) is 34.1 Å². The van der Waals surface area contributed by atoms with Crippen molar-refractivity contribution in [3.63, 3.8) is 0 Å². The second-order valence-electron chi connectivity index (χ2n) is 18.9. The summed E-state index contributed by atoms with van der Waals surface area (Å²) in [6.45, 7) is 10.9. The van der Waals surface area contributed by atoms with Gasteiger partial charge in [-0.25, -0.2) is 0 Å². The van der Waals surface area contributed by atoms with Gasteiger partial charge in [0.15, 0.2) is 0 Å². The summed E-state index contributed by atoms with van der Waals surface area (Å²) in [5.41, 5.74) is 17.0. The molecule has 79 heavy (non-hydrogen) atoms. The second kappa shape index (κ2) is 25.3. The number of para-hydroxylation sites is 4. The van der Waals surface area contributed by atoms with E-state index in [0.29, 0.717) is 0 Å². The average molecular weight is 1030 g/mol. The van der Waals surface area contributed by atoms with Crippen molar-refractivity contribution in [2.45, 2.75) is 27.2 Å². The van der Waals surface area contributed by atoms with Crippen LogP contribution in [0, 0.1) is 0 Å². The lowest BCUT2D eigenvalue weighted by Crippen LogP contribution is -2.12. The summed E-state index contributed by atoms with van der Waals surface area (Å²) >= 11 is 0. The van der Waals surface area contributed by atoms with E-state index in [4.69, 9.17) is 8.83 Å². The van der Waals surface area contributed by atoms with Crippen molar-refractivity contribution < 1.29 is 8.83 Å². The zero-order valence-electron chi connectivity index (χ0n) is 45.4. The Labute approximate surface area is 465 Å². The smallest absolute Gasteiger partial charge is 0.136 e. The molecular weight excluding hydrogens is 963 g/mol. The van der Waals surface area contributed by atoms with Gasteiger partial charge in [0.05, 0.1) is 0 Å². The first-order valence-corrected chi connectivity index (χ1v) is 27.2. The zero-order chi connectivity index (χ0) is 54.3. The van der Waals surface area contributed by atoms with Crippen molar-refractivity contribution in [3.05, 3.63) is 297 Å². The second-order valence-corrected chi connectivity index (χ2v) is 18.9. The van der Waals surface area contributed by atoms with Crippen LogP contribution in [0.3, 0.4) is 0 Å². The minimum atomic E-state index is 0.898. The van der Waals surface area contributed by atoms with E-state index in [0.717, 1.165) is 100 Å².